The highest BCUT2D eigenvalue weighted by Crippen LogP contribution is 2.13. The van der Waals surface area contributed by atoms with Gasteiger partial charge in [0.15, 0.2) is 0 Å². The van der Waals surface area contributed by atoms with E-state index in [9.17, 15) is 29.4 Å². The number of carbonyl (C=O) groups excluding carboxylic acids is 3. The van der Waals surface area contributed by atoms with Crippen molar-refractivity contribution in [3.8, 4) is 5.75 Å². The van der Waals surface area contributed by atoms with Crippen molar-refractivity contribution in [1.29, 1.82) is 0 Å². The number of hydrogen-bond donors (Lipinski definition) is 8. The highest BCUT2D eigenvalue weighted by atomic mass is 32.1. The van der Waals surface area contributed by atoms with Crippen LogP contribution in [0.1, 0.15) is 45.1 Å². The van der Waals surface area contributed by atoms with Gasteiger partial charge in [-0.3, -0.25) is 14.4 Å². The molecule has 9 N–H and O–H groups in total. The summed E-state index contributed by atoms with van der Waals surface area (Å²) in [4.78, 5) is 50.3. The number of unbranched alkanes of at least 4 members (excludes halogenated alkanes) is 1. The van der Waals surface area contributed by atoms with Crippen LogP contribution >= 0.6 is 12.6 Å². The van der Waals surface area contributed by atoms with E-state index < -0.39 is 47.9 Å². The minimum Gasteiger partial charge on any atom is -0.508 e. The lowest BCUT2D eigenvalue weighted by Crippen LogP contribution is -2.57. The molecule has 1 rings (SSSR count). The van der Waals surface area contributed by atoms with Crippen LogP contribution in [0.3, 0.4) is 0 Å². The molecule has 4 unspecified atom stereocenters. The first-order valence-electron chi connectivity index (χ1n) is 12.0. The Hall–Kier alpha value is -2.83. The monoisotopic (exact) mass is 525 g/mol. The van der Waals surface area contributed by atoms with Crippen LogP contribution in [0.5, 0.6) is 5.75 Å². The molecule has 1 aromatic carbocycles. The van der Waals surface area contributed by atoms with Crippen molar-refractivity contribution in [2.24, 2.45) is 17.4 Å². The highest BCUT2D eigenvalue weighted by Gasteiger charge is 2.30. The molecule has 0 fully saturated rings. The van der Waals surface area contributed by atoms with Crippen LogP contribution < -0.4 is 27.4 Å². The maximum atomic E-state index is 13.2. The zero-order valence-corrected chi connectivity index (χ0v) is 21.7. The van der Waals surface area contributed by atoms with Gasteiger partial charge < -0.3 is 37.6 Å². The Balaban J connectivity index is 3.10. The maximum Gasteiger partial charge on any atom is 0.326 e. The van der Waals surface area contributed by atoms with Crippen LogP contribution in [0.2, 0.25) is 0 Å². The standard InChI is InChI=1S/C24H39N5O6S/c1-14(2)11-20(24(34)35)29-22(32)18(5-3-4-10-25)27-23(33)19(28-21(31)17(26)13-36)12-15-6-8-16(30)9-7-15/h6-9,14,17-20,30,36H,3-5,10-13,25-26H2,1-2H3,(H,27,33)(H,28,31)(H,29,32)(H,34,35). The first-order chi connectivity index (χ1) is 17.0. The molecule has 36 heavy (non-hydrogen) atoms. The molecule has 0 saturated carbocycles. The average molecular weight is 526 g/mol. The third-order valence-corrected chi connectivity index (χ3v) is 5.84. The van der Waals surface area contributed by atoms with Gasteiger partial charge in [0.2, 0.25) is 17.7 Å². The predicted octanol–water partition coefficient (Wildman–Crippen LogP) is -0.0941. The molecule has 0 aliphatic heterocycles. The van der Waals surface area contributed by atoms with Crippen LogP contribution in [0.25, 0.3) is 0 Å². The van der Waals surface area contributed by atoms with E-state index in [0.29, 0.717) is 24.9 Å². The molecule has 202 valence electrons. The maximum absolute atomic E-state index is 13.2. The first kappa shape index (κ1) is 31.2. The number of benzene rings is 1. The number of carbonyl (C=O) groups is 4. The van der Waals surface area contributed by atoms with Crippen LogP contribution in [0.15, 0.2) is 24.3 Å². The number of phenolic OH excluding ortho intramolecular Hbond substituents is 1. The van der Waals surface area contributed by atoms with Crippen molar-refractivity contribution in [2.45, 2.75) is 70.1 Å². The minimum absolute atomic E-state index is 0.0256. The number of hydrogen-bond acceptors (Lipinski definition) is 8. The molecule has 12 heteroatoms. The normalized spacial score (nSPS) is 14.4. The molecule has 0 spiro atoms. The number of thiol groups is 1. The van der Waals surface area contributed by atoms with Crippen molar-refractivity contribution >= 4 is 36.3 Å². The summed E-state index contributed by atoms with van der Waals surface area (Å²) in [6.45, 7) is 4.08. The molecule has 0 bridgehead atoms. The van der Waals surface area contributed by atoms with Crippen LogP contribution in [0.4, 0.5) is 0 Å². The number of amides is 3. The second-order valence-corrected chi connectivity index (χ2v) is 9.46. The SMILES string of the molecule is CC(C)CC(NC(=O)C(CCCCN)NC(=O)C(Cc1ccc(O)cc1)NC(=O)C(N)CS)C(=O)O. The van der Waals surface area contributed by atoms with Crippen LogP contribution in [0, 0.1) is 5.92 Å². The number of aromatic hydroxyl groups is 1. The number of rotatable bonds is 16. The summed E-state index contributed by atoms with van der Waals surface area (Å²) in [7, 11) is 0. The van der Waals surface area contributed by atoms with Gasteiger partial charge in [0, 0.05) is 12.2 Å². The van der Waals surface area contributed by atoms with Gasteiger partial charge >= 0.3 is 5.97 Å². The van der Waals surface area contributed by atoms with Crippen molar-refractivity contribution in [1.82, 2.24) is 16.0 Å². The highest BCUT2D eigenvalue weighted by molar-refractivity contribution is 7.80. The molecule has 3 amide bonds. The minimum atomic E-state index is -1.16. The molecule has 0 saturated heterocycles. The number of carboxylic acid groups (broad SMARTS) is 1. The van der Waals surface area contributed by atoms with Gasteiger partial charge in [0.05, 0.1) is 6.04 Å². The zero-order chi connectivity index (χ0) is 27.3. The van der Waals surface area contributed by atoms with E-state index in [0.717, 1.165) is 0 Å². The third-order valence-electron chi connectivity index (χ3n) is 5.44. The summed E-state index contributed by atoms with van der Waals surface area (Å²) in [6, 6.07) is 1.96. The predicted molar refractivity (Wildman–Crippen MR) is 139 cm³/mol. The van der Waals surface area contributed by atoms with Gasteiger partial charge in [0.1, 0.15) is 23.9 Å². The summed E-state index contributed by atoms with van der Waals surface area (Å²) in [6.07, 6.45) is 1.67. The Kier molecular flexibility index (Phi) is 13.9. The number of carboxylic acids is 1. The molecule has 11 nitrogen and oxygen atoms in total. The quantitative estimate of drug-likeness (QED) is 0.108. The largest absolute Gasteiger partial charge is 0.508 e. The summed E-state index contributed by atoms with van der Waals surface area (Å²) >= 11 is 4.02. The van der Waals surface area contributed by atoms with Gasteiger partial charge in [-0.2, -0.15) is 12.6 Å². The van der Waals surface area contributed by atoms with Gasteiger partial charge in [-0.15, -0.1) is 0 Å². The lowest BCUT2D eigenvalue weighted by atomic mass is 10.0. The number of aliphatic carboxylic acids is 1. The molecular formula is C24H39N5O6S. The van der Waals surface area contributed by atoms with Gasteiger partial charge in [0.25, 0.3) is 0 Å². The molecule has 0 heterocycles. The summed E-state index contributed by atoms with van der Waals surface area (Å²) < 4.78 is 0. The molecular weight excluding hydrogens is 486 g/mol. The van der Waals surface area contributed by atoms with Crippen molar-refractivity contribution in [2.75, 3.05) is 12.3 Å². The lowest BCUT2D eigenvalue weighted by molar-refractivity contribution is -0.142. The molecule has 1 aromatic rings. The van der Waals surface area contributed by atoms with E-state index in [-0.39, 0.29) is 36.7 Å². The van der Waals surface area contributed by atoms with Crippen molar-refractivity contribution in [3.63, 3.8) is 0 Å². The second-order valence-electron chi connectivity index (χ2n) is 9.10. The Labute approximate surface area is 217 Å². The summed E-state index contributed by atoms with van der Waals surface area (Å²) in [5.41, 5.74) is 12.0. The topological polar surface area (TPSA) is 197 Å². The van der Waals surface area contributed by atoms with E-state index >= 15 is 0 Å². The number of phenols is 1. The van der Waals surface area contributed by atoms with Crippen LogP contribution in [-0.2, 0) is 25.6 Å². The second kappa shape index (κ2) is 16.0. The Morgan fingerprint density at radius 1 is 0.917 bits per heavy atom. The molecule has 0 aliphatic carbocycles. The van der Waals surface area contributed by atoms with Crippen molar-refractivity contribution in [3.05, 3.63) is 29.8 Å². The van der Waals surface area contributed by atoms with E-state index in [1.54, 1.807) is 12.1 Å². The average Bonchev–Trinajstić information content (AvgIpc) is 2.82. The fourth-order valence-corrected chi connectivity index (χ4v) is 3.60. The zero-order valence-electron chi connectivity index (χ0n) is 20.8. The summed E-state index contributed by atoms with van der Waals surface area (Å²) in [5.74, 6) is -2.87. The fraction of sp³-hybridized carbons (Fsp3) is 0.583. The van der Waals surface area contributed by atoms with E-state index in [4.69, 9.17) is 11.5 Å². The fourth-order valence-electron chi connectivity index (χ4n) is 3.44. The third kappa shape index (κ3) is 11.3. The van der Waals surface area contributed by atoms with Gasteiger partial charge in [-0.1, -0.05) is 26.0 Å². The van der Waals surface area contributed by atoms with Crippen molar-refractivity contribution < 1.29 is 29.4 Å². The Morgan fingerprint density at radius 2 is 1.47 bits per heavy atom. The first-order valence-corrected chi connectivity index (χ1v) is 12.6. The number of nitrogens with two attached hydrogens (primary N) is 2. The number of nitrogens with one attached hydrogen (secondary N) is 3. The summed E-state index contributed by atoms with van der Waals surface area (Å²) in [5, 5.41) is 26.8. The molecule has 0 radical (unpaired) electrons. The smallest absolute Gasteiger partial charge is 0.326 e. The van der Waals surface area contributed by atoms with Gasteiger partial charge in [-0.25, -0.2) is 4.79 Å². The Bertz CT molecular complexity index is 867. The van der Waals surface area contributed by atoms with E-state index in [2.05, 4.69) is 28.6 Å². The molecule has 0 aliphatic rings. The molecule has 0 aromatic heterocycles. The van der Waals surface area contributed by atoms with E-state index in [1.807, 2.05) is 13.8 Å². The molecule has 4 atom stereocenters. The van der Waals surface area contributed by atoms with Crippen LogP contribution in [-0.4, -0.2) is 70.4 Å². The lowest BCUT2D eigenvalue weighted by Gasteiger charge is -2.25. The van der Waals surface area contributed by atoms with Gasteiger partial charge in [-0.05, 0) is 55.8 Å². The van der Waals surface area contributed by atoms with E-state index in [1.165, 1.54) is 12.1 Å². The Morgan fingerprint density at radius 3 is 2.00 bits per heavy atom.